The molecule has 9 heteroatoms. The molecule has 4 aromatic rings. The van der Waals surface area contributed by atoms with Crippen molar-refractivity contribution in [3.8, 4) is 11.3 Å². The Balaban J connectivity index is 1.33. The molecule has 38 heavy (non-hydrogen) atoms. The van der Waals surface area contributed by atoms with Crippen LogP contribution in [0.15, 0.2) is 41.8 Å². The zero-order valence-electron chi connectivity index (χ0n) is 21.8. The van der Waals surface area contributed by atoms with Crippen molar-refractivity contribution in [2.75, 3.05) is 13.7 Å². The number of methoxy groups -OCH3 is 1. The molecule has 1 aliphatic heterocycles. The van der Waals surface area contributed by atoms with Gasteiger partial charge in [-0.3, -0.25) is 9.59 Å². The minimum Gasteiger partial charge on any atom is -0.469 e. The standard InChI is InChI=1S/C29H29FN4O3S/c1-15(2)25-13-24(28(35)33-9-7-26-18(16(33)3)8-10-38-26)31-27-14-23(32-34(25)27)19-6-5-17(11-22(19)30)20-12-21(20)29(36)37-4/h5-6,8,10-11,13-16,20-21H,7,9,12H2,1-4H3/t16?,20-,21?/m0/s1. The highest BCUT2D eigenvalue weighted by molar-refractivity contribution is 7.10. The molecule has 6 rings (SSSR count). The maximum atomic E-state index is 15.3. The minimum atomic E-state index is -0.405. The second-order valence-electron chi connectivity index (χ2n) is 10.5. The molecule has 1 saturated carbocycles. The summed E-state index contributed by atoms with van der Waals surface area (Å²) in [6, 6.07) is 10.7. The minimum absolute atomic E-state index is 0.0165. The largest absolute Gasteiger partial charge is 0.469 e. The number of halogens is 1. The molecular formula is C29H29FN4O3S. The van der Waals surface area contributed by atoms with E-state index in [0.717, 1.165) is 17.7 Å². The van der Waals surface area contributed by atoms with Crippen molar-refractivity contribution in [2.24, 2.45) is 5.92 Å². The number of aromatic nitrogens is 3. The van der Waals surface area contributed by atoms with Crippen LogP contribution in [0.2, 0.25) is 0 Å². The van der Waals surface area contributed by atoms with Crippen LogP contribution < -0.4 is 0 Å². The first-order valence-electron chi connectivity index (χ1n) is 12.9. The fourth-order valence-corrected chi connectivity index (χ4v) is 6.49. The SMILES string of the molecule is COC(=O)C1C[C@H]1c1ccc(-c2cc3nc(C(=O)N4CCc5sccc5C4C)cc(C(C)C)n3n2)c(F)c1. The van der Waals surface area contributed by atoms with Gasteiger partial charge in [0.2, 0.25) is 0 Å². The number of benzene rings is 1. The van der Waals surface area contributed by atoms with Crippen molar-refractivity contribution >= 4 is 28.9 Å². The number of carbonyl (C=O) groups excluding carboxylic acids is 2. The van der Waals surface area contributed by atoms with Gasteiger partial charge in [0.05, 0.1) is 24.8 Å². The van der Waals surface area contributed by atoms with Crippen LogP contribution in [0.1, 0.15) is 77.3 Å². The van der Waals surface area contributed by atoms with E-state index in [1.54, 1.807) is 28.0 Å². The van der Waals surface area contributed by atoms with Crippen molar-refractivity contribution in [2.45, 2.75) is 51.5 Å². The van der Waals surface area contributed by atoms with Crippen LogP contribution in [-0.2, 0) is 16.0 Å². The van der Waals surface area contributed by atoms with Gasteiger partial charge in [-0.05, 0) is 72.4 Å². The summed E-state index contributed by atoms with van der Waals surface area (Å²) >= 11 is 1.74. The average Bonchev–Trinajstić information content (AvgIpc) is 3.35. The second-order valence-corrected chi connectivity index (χ2v) is 11.5. The van der Waals surface area contributed by atoms with E-state index in [1.165, 1.54) is 23.6 Å². The number of hydrogen-bond donors (Lipinski definition) is 0. The number of ether oxygens (including phenoxy) is 1. The van der Waals surface area contributed by atoms with Crippen molar-refractivity contribution in [1.82, 2.24) is 19.5 Å². The molecule has 0 bridgehead atoms. The lowest BCUT2D eigenvalue weighted by Crippen LogP contribution is -2.38. The molecule has 196 valence electrons. The predicted octanol–water partition coefficient (Wildman–Crippen LogP) is 5.76. The molecule has 3 aromatic heterocycles. The molecule has 1 fully saturated rings. The third-order valence-corrected chi connectivity index (χ3v) is 8.79. The van der Waals surface area contributed by atoms with E-state index in [-0.39, 0.29) is 35.7 Å². The van der Waals surface area contributed by atoms with Crippen LogP contribution in [-0.4, -0.2) is 45.0 Å². The van der Waals surface area contributed by atoms with E-state index in [2.05, 4.69) is 28.5 Å². The van der Waals surface area contributed by atoms with Crippen molar-refractivity contribution in [1.29, 1.82) is 0 Å². The van der Waals surface area contributed by atoms with E-state index in [4.69, 9.17) is 4.74 Å². The lowest BCUT2D eigenvalue weighted by Gasteiger charge is -2.33. The van der Waals surface area contributed by atoms with Crippen molar-refractivity contribution in [3.05, 3.63) is 75.0 Å². The first kappa shape index (κ1) is 24.7. The van der Waals surface area contributed by atoms with Crippen LogP contribution in [0.25, 0.3) is 16.9 Å². The number of hydrogen-bond acceptors (Lipinski definition) is 6. The van der Waals surface area contributed by atoms with Gasteiger partial charge in [-0.15, -0.1) is 11.3 Å². The van der Waals surface area contributed by atoms with E-state index in [1.807, 2.05) is 30.9 Å². The van der Waals surface area contributed by atoms with E-state index in [9.17, 15) is 9.59 Å². The quantitative estimate of drug-likeness (QED) is 0.306. The number of nitrogens with zero attached hydrogens (tertiary/aromatic N) is 4. The molecule has 1 amide bonds. The van der Waals surface area contributed by atoms with Gasteiger partial charge in [0.25, 0.3) is 5.91 Å². The molecular weight excluding hydrogens is 503 g/mol. The Bertz CT molecular complexity index is 1580. The van der Waals surface area contributed by atoms with Crippen LogP contribution in [0.4, 0.5) is 4.39 Å². The maximum absolute atomic E-state index is 15.3. The summed E-state index contributed by atoms with van der Waals surface area (Å²) in [5.74, 6) is -0.925. The number of fused-ring (bicyclic) bond motifs is 2. The summed E-state index contributed by atoms with van der Waals surface area (Å²) in [6.45, 7) is 6.78. The van der Waals surface area contributed by atoms with Gasteiger partial charge in [0, 0.05) is 28.7 Å². The zero-order chi connectivity index (χ0) is 26.7. The Morgan fingerprint density at radius 2 is 2.00 bits per heavy atom. The van der Waals surface area contributed by atoms with Gasteiger partial charge >= 0.3 is 5.97 Å². The smallest absolute Gasteiger partial charge is 0.309 e. The summed E-state index contributed by atoms with van der Waals surface area (Å²) < 4.78 is 21.8. The fraction of sp³-hybridized carbons (Fsp3) is 0.379. The molecule has 0 radical (unpaired) electrons. The van der Waals surface area contributed by atoms with Crippen LogP contribution in [0.3, 0.4) is 0 Å². The first-order chi connectivity index (χ1) is 18.3. The first-order valence-corrected chi connectivity index (χ1v) is 13.8. The van der Waals surface area contributed by atoms with Crippen LogP contribution in [0.5, 0.6) is 0 Å². The third-order valence-electron chi connectivity index (χ3n) is 7.80. The third kappa shape index (κ3) is 4.09. The van der Waals surface area contributed by atoms with E-state index < -0.39 is 5.82 Å². The Hall–Kier alpha value is -3.59. The molecule has 2 aliphatic rings. The zero-order valence-corrected chi connectivity index (χ0v) is 22.6. The fourth-order valence-electron chi connectivity index (χ4n) is 5.53. The van der Waals surface area contributed by atoms with Gasteiger partial charge in [-0.2, -0.15) is 5.10 Å². The molecule has 3 atom stereocenters. The molecule has 0 N–H and O–H groups in total. The van der Waals surface area contributed by atoms with Crippen molar-refractivity contribution in [3.63, 3.8) is 0 Å². The summed E-state index contributed by atoms with van der Waals surface area (Å²) in [7, 11) is 1.37. The van der Waals surface area contributed by atoms with Gasteiger partial charge in [-0.25, -0.2) is 13.9 Å². The van der Waals surface area contributed by atoms with Crippen molar-refractivity contribution < 1.29 is 18.7 Å². The molecule has 1 aliphatic carbocycles. The highest BCUT2D eigenvalue weighted by Gasteiger charge is 2.45. The Kier molecular flexibility index (Phi) is 6.06. The molecule has 7 nitrogen and oxygen atoms in total. The predicted molar refractivity (Wildman–Crippen MR) is 143 cm³/mol. The monoisotopic (exact) mass is 532 g/mol. The lowest BCUT2D eigenvalue weighted by molar-refractivity contribution is -0.142. The molecule has 0 spiro atoms. The van der Waals surface area contributed by atoms with Gasteiger partial charge in [0.1, 0.15) is 11.5 Å². The molecule has 0 saturated heterocycles. The molecule has 1 aromatic carbocycles. The van der Waals surface area contributed by atoms with E-state index in [0.29, 0.717) is 35.6 Å². The summed E-state index contributed by atoms with van der Waals surface area (Å²) in [5.41, 5.74) is 4.50. The Morgan fingerprint density at radius 1 is 1.18 bits per heavy atom. The summed E-state index contributed by atoms with van der Waals surface area (Å²) in [4.78, 5) is 33.3. The Labute approximate surface area is 224 Å². The normalized spacial score (nSPS) is 20.6. The topological polar surface area (TPSA) is 76.8 Å². The van der Waals surface area contributed by atoms with Gasteiger partial charge in [-0.1, -0.05) is 19.9 Å². The number of amides is 1. The van der Waals surface area contributed by atoms with Crippen LogP contribution in [0, 0.1) is 11.7 Å². The lowest BCUT2D eigenvalue weighted by atomic mass is 10.0. The number of esters is 1. The molecule has 2 unspecified atom stereocenters. The number of rotatable bonds is 5. The summed E-state index contributed by atoms with van der Waals surface area (Å²) in [5, 5.41) is 6.76. The van der Waals surface area contributed by atoms with Gasteiger partial charge < -0.3 is 9.64 Å². The average molecular weight is 533 g/mol. The summed E-state index contributed by atoms with van der Waals surface area (Å²) in [6.07, 6.45) is 1.51. The number of thiophene rings is 1. The second kappa shape index (κ2) is 9.31. The molecule has 4 heterocycles. The highest BCUT2D eigenvalue weighted by Crippen LogP contribution is 2.48. The highest BCUT2D eigenvalue weighted by atomic mass is 32.1. The maximum Gasteiger partial charge on any atom is 0.309 e. The van der Waals surface area contributed by atoms with Gasteiger partial charge in [0.15, 0.2) is 5.65 Å². The van der Waals surface area contributed by atoms with Crippen LogP contribution >= 0.6 is 11.3 Å². The Morgan fingerprint density at radius 3 is 2.74 bits per heavy atom. The number of carbonyl (C=O) groups is 2. The van der Waals surface area contributed by atoms with E-state index >= 15 is 4.39 Å².